The highest BCUT2D eigenvalue weighted by molar-refractivity contribution is 6.74. The van der Waals surface area contributed by atoms with Gasteiger partial charge >= 0.3 is 0 Å². The van der Waals surface area contributed by atoms with Crippen LogP contribution in [-0.4, -0.2) is 28.1 Å². The number of hydrogen-bond donors (Lipinski definition) is 0. The lowest BCUT2D eigenvalue weighted by atomic mass is 10.2. The molecule has 0 aromatic heterocycles. The van der Waals surface area contributed by atoms with Crippen molar-refractivity contribution in [2.24, 2.45) is 0 Å². The summed E-state index contributed by atoms with van der Waals surface area (Å²) >= 11 is 0. The first kappa shape index (κ1) is 23.6. The number of rotatable bonds is 11. The van der Waals surface area contributed by atoms with Crippen molar-refractivity contribution in [3.05, 3.63) is 83.4 Å². The van der Waals surface area contributed by atoms with E-state index in [0.29, 0.717) is 33.0 Å². The zero-order chi connectivity index (χ0) is 21.2. The lowest BCUT2D eigenvalue weighted by Gasteiger charge is -2.35. The molecule has 0 saturated heterocycles. The van der Waals surface area contributed by atoms with Gasteiger partial charge in [0.05, 0.1) is 33.0 Å². The Morgan fingerprint density at radius 1 is 0.793 bits per heavy atom. The van der Waals surface area contributed by atoms with Gasteiger partial charge in [0.2, 0.25) is 0 Å². The fraction of sp³-hybridized carbons (Fsp3) is 0.440. The van der Waals surface area contributed by atoms with E-state index in [-0.39, 0.29) is 5.04 Å². The van der Waals surface area contributed by atoms with Crippen LogP contribution in [0.2, 0.25) is 18.1 Å². The molecule has 4 heteroatoms. The normalized spacial score (nSPS) is 12.0. The lowest BCUT2D eigenvalue weighted by molar-refractivity contribution is 0.104. The molecule has 158 valence electrons. The maximum atomic E-state index is 6.31. The van der Waals surface area contributed by atoms with E-state index in [0.717, 1.165) is 5.57 Å². The van der Waals surface area contributed by atoms with E-state index < -0.39 is 8.32 Å². The van der Waals surface area contributed by atoms with Gasteiger partial charge in [-0.2, -0.15) is 0 Å². The third-order valence-corrected chi connectivity index (χ3v) is 9.92. The van der Waals surface area contributed by atoms with Gasteiger partial charge in [0.15, 0.2) is 8.32 Å². The molecule has 0 atom stereocenters. The molecule has 0 unspecified atom stereocenters. The van der Waals surface area contributed by atoms with Crippen LogP contribution in [-0.2, 0) is 27.1 Å². The highest BCUT2D eigenvalue weighted by atomic mass is 28.4. The SMILES string of the molecule is CC(C)(C)[Si](C)(C)OCC=C(COCc1ccccc1)COCc1ccccc1. The summed E-state index contributed by atoms with van der Waals surface area (Å²) in [5.41, 5.74) is 3.47. The molecule has 0 fully saturated rings. The van der Waals surface area contributed by atoms with Crippen molar-refractivity contribution in [3.63, 3.8) is 0 Å². The van der Waals surface area contributed by atoms with Gasteiger partial charge in [-0.3, -0.25) is 0 Å². The Morgan fingerprint density at radius 3 is 1.66 bits per heavy atom. The summed E-state index contributed by atoms with van der Waals surface area (Å²) in [7, 11) is -1.77. The largest absolute Gasteiger partial charge is 0.413 e. The summed E-state index contributed by atoms with van der Waals surface area (Å²) in [6.45, 7) is 14.2. The van der Waals surface area contributed by atoms with E-state index in [4.69, 9.17) is 13.9 Å². The summed E-state index contributed by atoms with van der Waals surface area (Å²) in [5, 5.41) is 0.203. The predicted octanol–water partition coefficient (Wildman–Crippen LogP) is 6.37. The summed E-state index contributed by atoms with van der Waals surface area (Å²) in [5.74, 6) is 0. The minimum Gasteiger partial charge on any atom is -0.413 e. The Kier molecular flexibility index (Phi) is 9.31. The fourth-order valence-electron chi connectivity index (χ4n) is 2.49. The van der Waals surface area contributed by atoms with Crippen molar-refractivity contribution in [2.45, 2.75) is 52.1 Å². The van der Waals surface area contributed by atoms with Crippen molar-refractivity contribution in [1.29, 1.82) is 0 Å². The number of hydrogen-bond acceptors (Lipinski definition) is 3. The van der Waals surface area contributed by atoms with Gasteiger partial charge in [-0.05, 0) is 34.8 Å². The minimum absolute atomic E-state index is 0.203. The van der Waals surface area contributed by atoms with Crippen LogP contribution in [0.25, 0.3) is 0 Å². The average molecular weight is 413 g/mol. The second-order valence-corrected chi connectivity index (χ2v) is 13.7. The summed E-state index contributed by atoms with van der Waals surface area (Å²) in [4.78, 5) is 0. The Bertz CT molecular complexity index is 686. The molecule has 0 radical (unpaired) electrons. The summed E-state index contributed by atoms with van der Waals surface area (Å²) in [6, 6.07) is 20.5. The first-order valence-corrected chi connectivity index (χ1v) is 13.2. The topological polar surface area (TPSA) is 27.7 Å². The molecule has 3 nitrogen and oxygen atoms in total. The van der Waals surface area contributed by atoms with Crippen LogP contribution in [0.1, 0.15) is 31.9 Å². The summed E-state index contributed by atoms with van der Waals surface area (Å²) < 4.78 is 18.2. The molecule has 0 aliphatic carbocycles. The van der Waals surface area contributed by atoms with E-state index >= 15 is 0 Å². The maximum absolute atomic E-state index is 6.31. The van der Waals surface area contributed by atoms with E-state index in [2.05, 4.69) is 64.2 Å². The maximum Gasteiger partial charge on any atom is 0.192 e. The van der Waals surface area contributed by atoms with Gasteiger partial charge in [0, 0.05) is 0 Å². The van der Waals surface area contributed by atoms with Gasteiger partial charge in [0.25, 0.3) is 0 Å². The van der Waals surface area contributed by atoms with Gasteiger partial charge in [-0.15, -0.1) is 0 Å². The minimum atomic E-state index is -1.77. The predicted molar refractivity (Wildman–Crippen MR) is 123 cm³/mol. The molecule has 0 aliphatic heterocycles. The second kappa shape index (κ2) is 11.5. The molecular weight excluding hydrogens is 376 g/mol. The molecule has 0 saturated carbocycles. The molecule has 2 aromatic rings. The Balaban J connectivity index is 1.90. The number of ether oxygens (including phenoxy) is 2. The van der Waals surface area contributed by atoms with Crippen LogP contribution in [0.3, 0.4) is 0 Å². The van der Waals surface area contributed by atoms with Crippen LogP contribution >= 0.6 is 0 Å². The molecule has 0 heterocycles. The first-order chi connectivity index (χ1) is 13.8. The Morgan fingerprint density at radius 2 is 1.24 bits per heavy atom. The van der Waals surface area contributed by atoms with Crippen LogP contribution in [0, 0.1) is 0 Å². The lowest BCUT2D eigenvalue weighted by Crippen LogP contribution is -2.40. The zero-order valence-corrected chi connectivity index (χ0v) is 19.6. The van der Waals surface area contributed by atoms with Gasteiger partial charge in [-0.1, -0.05) is 87.5 Å². The van der Waals surface area contributed by atoms with Crippen LogP contribution in [0.4, 0.5) is 0 Å². The van der Waals surface area contributed by atoms with Crippen LogP contribution in [0.5, 0.6) is 0 Å². The summed E-state index contributed by atoms with van der Waals surface area (Å²) in [6.07, 6.45) is 2.14. The Labute approximate surface area is 177 Å². The molecule has 0 N–H and O–H groups in total. The van der Waals surface area contributed by atoms with E-state index in [9.17, 15) is 0 Å². The third-order valence-electron chi connectivity index (χ3n) is 5.42. The Hall–Kier alpha value is -1.72. The molecule has 0 amide bonds. The zero-order valence-electron chi connectivity index (χ0n) is 18.6. The van der Waals surface area contributed by atoms with E-state index in [1.807, 2.05) is 36.4 Å². The number of benzene rings is 2. The standard InChI is InChI=1S/C25H36O3Si/c1-25(2,3)29(4,5)28-17-16-24(20-26-18-22-12-8-6-9-13-22)21-27-19-23-14-10-7-11-15-23/h6-16H,17-21H2,1-5H3. The van der Waals surface area contributed by atoms with Gasteiger partial charge in [-0.25, -0.2) is 0 Å². The smallest absolute Gasteiger partial charge is 0.192 e. The monoisotopic (exact) mass is 412 g/mol. The molecule has 29 heavy (non-hydrogen) atoms. The highest BCUT2D eigenvalue weighted by Crippen LogP contribution is 2.36. The molecule has 2 rings (SSSR count). The van der Waals surface area contributed by atoms with Crippen molar-refractivity contribution < 1.29 is 13.9 Å². The third kappa shape index (κ3) is 8.66. The molecule has 2 aromatic carbocycles. The van der Waals surface area contributed by atoms with Crippen LogP contribution in [0.15, 0.2) is 72.3 Å². The molecule has 0 bridgehead atoms. The van der Waals surface area contributed by atoms with Crippen molar-refractivity contribution >= 4 is 8.32 Å². The van der Waals surface area contributed by atoms with E-state index in [1.54, 1.807) is 0 Å². The second-order valence-electron chi connectivity index (χ2n) is 8.89. The van der Waals surface area contributed by atoms with Crippen molar-refractivity contribution in [3.8, 4) is 0 Å². The van der Waals surface area contributed by atoms with E-state index in [1.165, 1.54) is 11.1 Å². The van der Waals surface area contributed by atoms with Crippen LogP contribution < -0.4 is 0 Å². The van der Waals surface area contributed by atoms with Crippen molar-refractivity contribution in [2.75, 3.05) is 19.8 Å². The van der Waals surface area contributed by atoms with Gasteiger partial charge < -0.3 is 13.9 Å². The first-order valence-electron chi connectivity index (χ1n) is 10.3. The molecule has 0 aliphatic rings. The van der Waals surface area contributed by atoms with Gasteiger partial charge in [0.1, 0.15) is 0 Å². The molecular formula is C25H36O3Si. The quantitative estimate of drug-likeness (QED) is 0.317. The van der Waals surface area contributed by atoms with Crippen molar-refractivity contribution in [1.82, 2.24) is 0 Å². The molecule has 0 spiro atoms. The average Bonchev–Trinajstić information content (AvgIpc) is 2.68. The fourth-order valence-corrected chi connectivity index (χ4v) is 3.43. The highest BCUT2D eigenvalue weighted by Gasteiger charge is 2.36.